The summed E-state index contributed by atoms with van der Waals surface area (Å²) >= 11 is 0. The fraction of sp³-hybridized carbons (Fsp3) is 0. The van der Waals surface area contributed by atoms with E-state index in [-0.39, 0.29) is 5.69 Å². The number of nitrogens with zero attached hydrogens (tertiary/aromatic N) is 1. The van der Waals surface area contributed by atoms with Gasteiger partial charge in [0.25, 0.3) is 0 Å². The second-order valence-corrected chi connectivity index (χ2v) is 2.01. The molecule has 0 heterocycles. The summed E-state index contributed by atoms with van der Waals surface area (Å²) < 4.78 is 0. The second-order valence-electron chi connectivity index (χ2n) is 2.01. The molecule has 5 nitrogen and oxygen atoms in total. The first-order valence-corrected chi connectivity index (χ1v) is 2.84. The van der Waals surface area contributed by atoms with Crippen molar-refractivity contribution in [2.75, 3.05) is 5.73 Å². The molecule has 5 heteroatoms. The number of nitro groups is 1. The average molecular weight is 154 g/mol. The summed E-state index contributed by atoms with van der Waals surface area (Å²) in [4.78, 5) is 9.47. The third-order valence-electron chi connectivity index (χ3n) is 1.20. The maximum atomic E-state index is 10.1. The lowest BCUT2D eigenvalue weighted by Crippen LogP contribution is -1.90. The van der Waals surface area contributed by atoms with Crippen LogP contribution in [0.2, 0.25) is 0 Å². The Morgan fingerprint density at radius 1 is 1.55 bits per heavy atom. The van der Waals surface area contributed by atoms with Crippen LogP contribution >= 0.6 is 0 Å². The maximum absolute atomic E-state index is 10.1. The highest BCUT2D eigenvalue weighted by atomic mass is 16.6. The van der Waals surface area contributed by atoms with Crippen molar-refractivity contribution < 1.29 is 10.0 Å². The molecule has 58 valence electrons. The number of hydrogen-bond donors (Lipinski definition) is 2. The van der Waals surface area contributed by atoms with Crippen molar-refractivity contribution in [3.63, 3.8) is 0 Å². The summed E-state index contributed by atoms with van der Waals surface area (Å²) in [7, 11) is 0. The van der Waals surface area contributed by atoms with Gasteiger partial charge in [-0.2, -0.15) is 0 Å². The lowest BCUT2D eigenvalue weighted by Gasteiger charge is -1.95. The first kappa shape index (κ1) is 7.33. The van der Waals surface area contributed by atoms with E-state index in [9.17, 15) is 10.1 Å². The zero-order valence-corrected chi connectivity index (χ0v) is 5.52. The van der Waals surface area contributed by atoms with Crippen molar-refractivity contribution in [3.05, 3.63) is 28.3 Å². The topological polar surface area (TPSA) is 89.4 Å². The van der Waals surface area contributed by atoms with Crippen LogP contribution in [0.3, 0.4) is 0 Å². The molecule has 0 saturated heterocycles. The fourth-order valence-corrected chi connectivity index (χ4v) is 0.695. The Morgan fingerprint density at radius 3 is 2.64 bits per heavy atom. The number of rotatable bonds is 1. The Morgan fingerprint density at radius 2 is 2.18 bits per heavy atom. The van der Waals surface area contributed by atoms with Crippen molar-refractivity contribution in [2.45, 2.75) is 0 Å². The number of phenols is 1. The Kier molecular flexibility index (Phi) is 1.63. The Labute approximate surface area is 62.2 Å². The van der Waals surface area contributed by atoms with Gasteiger partial charge < -0.3 is 10.8 Å². The molecule has 0 saturated carbocycles. The quantitative estimate of drug-likeness (QED) is 0.357. The van der Waals surface area contributed by atoms with E-state index in [0.29, 0.717) is 5.69 Å². The molecule has 3 N–H and O–H groups in total. The van der Waals surface area contributed by atoms with Crippen molar-refractivity contribution in [2.24, 2.45) is 0 Å². The minimum atomic E-state index is -0.672. The van der Waals surface area contributed by atoms with E-state index in [2.05, 4.69) is 0 Å². The number of hydrogen-bond acceptors (Lipinski definition) is 4. The van der Waals surface area contributed by atoms with Gasteiger partial charge in [0, 0.05) is 17.8 Å². The molecular weight excluding hydrogens is 148 g/mol. The predicted octanol–water partition coefficient (Wildman–Crippen LogP) is 0.883. The van der Waals surface area contributed by atoms with Crippen molar-refractivity contribution in [1.82, 2.24) is 0 Å². The summed E-state index contributed by atoms with van der Waals surface area (Å²) in [5, 5.41) is 19.1. The van der Waals surface area contributed by atoms with E-state index in [4.69, 9.17) is 10.8 Å². The highest BCUT2D eigenvalue weighted by Gasteiger charge is 2.11. The minimum absolute atomic E-state index is 0.299. The van der Waals surface area contributed by atoms with Crippen LogP contribution in [0.1, 0.15) is 0 Å². The van der Waals surface area contributed by atoms with Crippen LogP contribution in [0.15, 0.2) is 18.2 Å². The van der Waals surface area contributed by atoms with E-state index in [1.807, 2.05) is 0 Å². The van der Waals surface area contributed by atoms with Crippen molar-refractivity contribution >= 4 is 11.4 Å². The molecule has 0 aliphatic heterocycles. The minimum Gasteiger partial charge on any atom is -0.502 e. The molecule has 0 aliphatic rings. The molecule has 1 aromatic carbocycles. The molecular formula is C6H6N2O3. The Balaban J connectivity index is 3.20. The zero-order chi connectivity index (χ0) is 8.43. The van der Waals surface area contributed by atoms with Gasteiger partial charge in [0.05, 0.1) is 4.92 Å². The molecule has 11 heavy (non-hydrogen) atoms. The summed E-state index contributed by atoms with van der Waals surface area (Å²) in [6.45, 7) is 0. The second kappa shape index (κ2) is 2.45. The van der Waals surface area contributed by atoms with E-state index in [0.717, 1.165) is 12.1 Å². The van der Waals surface area contributed by atoms with Gasteiger partial charge in [-0.15, -0.1) is 0 Å². The van der Waals surface area contributed by atoms with Gasteiger partial charge in [-0.25, -0.2) is 0 Å². The number of nitro benzene ring substituents is 1. The van der Waals surface area contributed by atoms with Gasteiger partial charge in [0.1, 0.15) is 0 Å². The van der Waals surface area contributed by atoms with E-state index in [1.54, 1.807) is 0 Å². The van der Waals surface area contributed by atoms with Crippen LogP contribution < -0.4 is 5.73 Å². The monoisotopic (exact) mass is 154 g/mol. The van der Waals surface area contributed by atoms with Gasteiger partial charge in [0.2, 0.25) is 0 Å². The van der Waals surface area contributed by atoms with Crippen LogP contribution in [0, 0.1) is 10.1 Å². The van der Waals surface area contributed by atoms with E-state index >= 15 is 0 Å². The molecule has 0 aliphatic carbocycles. The Bertz CT molecular complexity index is 298. The van der Waals surface area contributed by atoms with Crippen molar-refractivity contribution in [3.8, 4) is 5.75 Å². The molecule has 0 atom stereocenters. The van der Waals surface area contributed by atoms with E-state index in [1.165, 1.54) is 6.07 Å². The third kappa shape index (κ3) is 1.37. The van der Waals surface area contributed by atoms with Gasteiger partial charge in [-0.3, -0.25) is 10.1 Å². The van der Waals surface area contributed by atoms with Gasteiger partial charge in [-0.1, -0.05) is 0 Å². The molecule has 1 aromatic rings. The number of nitrogens with two attached hydrogens (primary N) is 1. The number of nitrogen functional groups attached to an aromatic ring is 1. The summed E-state index contributed by atoms with van der Waals surface area (Å²) in [6, 6.07) is 3.65. The number of anilines is 1. The third-order valence-corrected chi connectivity index (χ3v) is 1.20. The predicted molar refractivity (Wildman–Crippen MR) is 39.2 cm³/mol. The normalized spacial score (nSPS) is 9.45. The first-order chi connectivity index (χ1) is 5.11. The van der Waals surface area contributed by atoms with Crippen LogP contribution in [0.25, 0.3) is 0 Å². The van der Waals surface area contributed by atoms with Crippen LogP contribution in [-0.2, 0) is 0 Å². The highest BCUT2D eigenvalue weighted by Crippen LogP contribution is 2.26. The van der Waals surface area contributed by atoms with Gasteiger partial charge in [-0.05, 0) is 6.07 Å². The molecule has 0 amide bonds. The molecule has 0 radical (unpaired) electrons. The summed E-state index contributed by atoms with van der Waals surface area (Å²) in [6.07, 6.45) is 0. The number of phenolic OH excluding ortho intramolecular Hbond substituents is 1. The Hall–Kier alpha value is -1.78. The molecule has 0 unspecified atom stereocenters. The maximum Gasteiger partial charge on any atom is 0.310 e. The average Bonchev–Trinajstić information content (AvgIpc) is 1.85. The summed E-state index contributed by atoms with van der Waals surface area (Å²) in [5.74, 6) is -0.407. The van der Waals surface area contributed by atoms with Crippen LogP contribution in [0.5, 0.6) is 5.75 Å². The lowest BCUT2D eigenvalue weighted by molar-refractivity contribution is -0.385. The highest BCUT2D eigenvalue weighted by molar-refractivity contribution is 5.54. The first-order valence-electron chi connectivity index (χ1n) is 2.84. The number of aromatic hydroxyl groups is 1. The van der Waals surface area contributed by atoms with Gasteiger partial charge >= 0.3 is 5.69 Å². The SMILES string of the molecule is Nc1ccc([N+](=O)[O-])c(O)c1. The smallest absolute Gasteiger partial charge is 0.310 e. The number of benzene rings is 1. The fourth-order valence-electron chi connectivity index (χ4n) is 0.695. The standard InChI is InChI=1S/C6H6N2O3/c7-4-1-2-5(8(10)11)6(9)3-4/h1-3,9H,7H2. The van der Waals surface area contributed by atoms with E-state index < -0.39 is 10.7 Å². The summed E-state index contributed by atoms with van der Waals surface area (Å²) in [5.41, 5.74) is 5.21. The van der Waals surface area contributed by atoms with Gasteiger partial charge in [0.15, 0.2) is 5.75 Å². The molecule has 1 rings (SSSR count). The molecule has 0 spiro atoms. The zero-order valence-electron chi connectivity index (χ0n) is 5.52. The lowest BCUT2D eigenvalue weighted by atomic mass is 10.3. The van der Waals surface area contributed by atoms with Crippen LogP contribution in [-0.4, -0.2) is 10.0 Å². The largest absolute Gasteiger partial charge is 0.502 e. The van der Waals surface area contributed by atoms with Crippen molar-refractivity contribution in [1.29, 1.82) is 0 Å². The molecule has 0 bridgehead atoms. The van der Waals surface area contributed by atoms with Crippen LogP contribution in [0.4, 0.5) is 11.4 Å². The molecule has 0 aromatic heterocycles. The molecule has 0 fully saturated rings.